The first-order valence-corrected chi connectivity index (χ1v) is 38.3. The molecule has 3 amide bonds. The highest BCUT2D eigenvalue weighted by molar-refractivity contribution is 9.10. The molecule has 0 spiro atoms. The number of anilines is 6. The Morgan fingerprint density at radius 3 is 1.28 bits per heavy atom. The summed E-state index contributed by atoms with van der Waals surface area (Å²) in [7, 11) is 6.48. The van der Waals surface area contributed by atoms with Crippen molar-refractivity contribution in [1.82, 2.24) is 64.3 Å². The summed E-state index contributed by atoms with van der Waals surface area (Å²) in [5.74, 6) is 0.233. The summed E-state index contributed by atoms with van der Waals surface area (Å²) in [5, 5.41) is 12.1. The van der Waals surface area contributed by atoms with Gasteiger partial charge < -0.3 is 58.9 Å². The molecule has 114 heavy (non-hydrogen) atoms. The lowest BCUT2D eigenvalue weighted by molar-refractivity contribution is 0.101. The number of benzene rings is 6. The van der Waals surface area contributed by atoms with Crippen LogP contribution in [-0.2, 0) is 19.6 Å². The van der Waals surface area contributed by atoms with Crippen molar-refractivity contribution in [3.05, 3.63) is 298 Å². The highest BCUT2D eigenvalue weighted by atomic mass is 79.9. The van der Waals surface area contributed by atoms with Crippen molar-refractivity contribution < 1.29 is 19.2 Å². The van der Waals surface area contributed by atoms with Crippen molar-refractivity contribution in [2.75, 3.05) is 127 Å². The summed E-state index contributed by atoms with van der Waals surface area (Å²) in [5.41, 5.74) is 37.7. The largest absolute Gasteiger partial charge is 0.404 e. The normalized spacial score (nSPS) is 14.0. The van der Waals surface area contributed by atoms with E-state index in [1.54, 1.807) is 67.6 Å². The summed E-state index contributed by atoms with van der Waals surface area (Å²) in [6.45, 7) is 21.8. The number of hydrogen-bond donors (Lipinski definition) is 8. The van der Waals surface area contributed by atoms with E-state index < -0.39 is 0 Å². The molecular weight excluding hydrogens is 1500 g/mol. The summed E-state index contributed by atoms with van der Waals surface area (Å²) < 4.78 is 0.993. The number of amides is 3. The molecule has 5 aromatic heterocycles. The molecule has 0 saturated carbocycles. The van der Waals surface area contributed by atoms with Crippen LogP contribution in [0, 0.1) is 20.8 Å². The fourth-order valence-corrected chi connectivity index (χ4v) is 12.5. The quantitative estimate of drug-likeness (QED) is 0.0161. The molecule has 26 nitrogen and oxygen atoms in total. The van der Waals surface area contributed by atoms with Crippen molar-refractivity contribution in [3.8, 4) is 22.5 Å². The lowest BCUT2D eigenvalue weighted by Crippen LogP contribution is -2.43. The number of aromatic nitrogens is 7. The Labute approximate surface area is 675 Å². The standard InChI is InChI=1S/C29H31N7O.C21H28N6O.C20H24BrN3O.C9H8N4.C8H8N2O/c1-21-5-10-25(18-27(21)34-29-31-13-11-26(33-29)24-4-3-12-30-19-24)32-28(37)23-8-6-22(7-9-23)20-36-16-14-35(2)15-17-36;1-15-3-8-18(13-19(15)25-21(22)23)24-20(28)17-6-4-16(5-7-17)14-27-11-9-26(2)10-12-27;1-15-3-8-18(13-19(15)21)22-20(25)17-6-4-16(5-7-17)14-24-11-9-23(2)10-12-24;10-9-12-5-3-8(13-9)7-2-1-4-11-6-7;9-4-3-8(11)7-2-1-5-10-6-7/h3-13,18-19H,14-17,20H2,1-2H3,(H,32,37)(H,31,33,34);3-8,13H,9-12,14H2,1-2H3,(H,24,28)(H4,22,23,25);3-8,13H,9-12,14H2,1-2H3,(H,22,25);1-6H,(H2,10,12,13);1-6H,9H2/b;;;;4-3+. The number of allylic oxidation sites excluding steroid dienone is 1. The topological polar surface area (TPSA) is 343 Å². The highest BCUT2D eigenvalue weighted by Gasteiger charge is 2.19. The summed E-state index contributed by atoms with van der Waals surface area (Å²) in [4.78, 5) is 96.2. The Morgan fingerprint density at radius 2 is 0.868 bits per heavy atom. The third-order valence-corrected chi connectivity index (χ3v) is 19.8. The van der Waals surface area contributed by atoms with E-state index in [1.807, 2.05) is 160 Å². The number of nitrogen functional groups attached to an aromatic ring is 1. The van der Waals surface area contributed by atoms with Crippen LogP contribution in [0.4, 0.5) is 40.3 Å². The third kappa shape index (κ3) is 27.0. The molecule has 3 fully saturated rings. The van der Waals surface area contributed by atoms with E-state index >= 15 is 0 Å². The number of nitrogens with zero attached hydrogens (tertiary/aromatic N) is 14. The van der Waals surface area contributed by atoms with Crippen molar-refractivity contribution >= 4 is 85.7 Å². The smallest absolute Gasteiger partial charge is 0.255 e. The Balaban J connectivity index is 0.000000160. The Bertz CT molecular complexity index is 4980. The van der Waals surface area contributed by atoms with Crippen LogP contribution in [0.15, 0.2) is 247 Å². The maximum absolute atomic E-state index is 12.9. The predicted molar refractivity (Wildman–Crippen MR) is 458 cm³/mol. The van der Waals surface area contributed by atoms with E-state index in [9.17, 15) is 19.2 Å². The highest BCUT2D eigenvalue weighted by Crippen LogP contribution is 2.28. The molecule has 11 aromatic rings. The zero-order valence-corrected chi connectivity index (χ0v) is 66.8. The van der Waals surface area contributed by atoms with E-state index in [2.05, 4.69) is 140 Å². The number of aryl methyl sites for hydroxylation is 3. The van der Waals surface area contributed by atoms with Crippen LogP contribution in [0.25, 0.3) is 22.5 Å². The van der Waals surface area contributed by atoms with E-state index in [4.69, 9.17) is 22.9 Å². The number of rotatable bonds is 19. The van der Waals surface area contributed by atoms with Crippen LogP contribution >= 0.6 is 15.9 Å². The lowest BCUT2D eigenvalue weighted by atomic mass is 10.1. The number of aliphatic imine (C=N–C) groups is 1. The molecule has 12 N–H and O–H groups in total. The summed E-state index contributed by atoms with van der Waals surface area (Å²) in [6, 6.07) is 55.3. The number of piperazine rings is 3. The number of hydrogen-bond acceptors (Lipinski definition) is 21. The Kier molecular flexibility index (Phi) is 31.7. The number of halogens is 1. The molecule has 14 rings (SSSR count). The molecule has 0 bridgehead atoms. The predicted octanol–water partition coefficient (Wildman–Crippen LogP) is 12.1. The second-order valence-electron chi connectivity index (χ2n) is 27.9. The van der Waals surface area contributed by atoms with Gasteiger partial charge in [-0.1, -0.05) is 70.5 Å². The van der Waals surface area contributed by atoms with Crippen LogP contribution in [0.3, 0.4) is 0 Å². The Hall–Kier alpha value is -12.3. The summed E-state index contributed by atoms with van der Waals surface area (Å²) >= 11 is 3.49. The van der Waals surface area contributed by atoms with Gasteiger partial charge in [-0.15, -0.1) is 0 Å². The van der Waals surface area contributed by atoms with Gasteiger partial charge in [0, 0.05) is 214 Å². The van der Waals surface area contributed by atoms with Crippen molar-refractivity contribution in [2.45, 2.75) is 40.4 Å². The monoisotopic (exact) mass is 1590 g/mol. The zero-order valence-electron chi connectivity index (χ0n) is 65.2. The van der Waals surface area contributed by atoms with E-state index in [0.717, 1.165) is 153 Å². The van der Waals surface area contributed by atoms with Crippen molar-refractivity contribution in [2.24, 2.45) is 22.2 Å². The fourth-order valence-electron chi connectivity index (χ4n) is 12.1. The van der Waals surface area contributed by atoms with Gasteiger partial charge in [-0.3, -0.25) is 48.8 Å². The molecular formula is C87H99BrN22O4. The van der Waals surface area contributed by atoms with Gasteiger partial charge in [0.2, 0.25) is 11.9 Å². The molecule has 0 aliphatic carbocycles. The first kappa shape index (κ1) is 84.1. The molecule has 3 aliphatic rings. The number of pyridine rings is 3. The first-order chi connectivity index (χ1) is 55.1. The van der Waals surface area contributed by atoms with E-state index in [-0.39, 0.29) is 35.4 Å². The number of carbonyl (C=O) groups excluding carboxylic acids is 4. The molecule has 588 valence electrons. The second-order valence-corrected chi connectivity index (χ2v) is 28.7. The zero-order chi connectivity index (χ0) is 80.7. The number of ketones is 1. The number of guanidine groups is 1. The fraction of sp³-hybridized carbons (Fsp3) is 0.241. The molecule has 8 heterocycles. The molecule has 27 heteroatoms. The molecule has 6 aromatic carbocycles. The Morgan fingerprint density at radius 1 is 0.456 bits per heavy atom. The number of carbonyl (C=O) groups is 4. The minimum absolute atomic E-state index is 0.0116. The number of likely N-dealkylation sites (N-methyl/N-ethyl adjacent to an activating group) is 3. The molecule has 0 atom stereocenters. The lowest BCUT2D eigenvalue weighted by Gasteiger charge is -2.32. The van der Waals surface area contributed by atoms with Gasteiger partial charge in [0.1, 0.15) is 0 Å². The third-order valence-electron chi connectivity index (χ3n) is 19.0. The van der Waals surface area contributed by atoms with Crippen molar-refractivity contribution in [1.29, 1.82) is 0 Å². The van der Waals surface area contributed by atoms with Crippen LogP contribution < -0.4 is 44.2 Å². The maximum atomic E-state index is 12.9. The van der Waals surface area contributed by atoms with Gasteiger partial charge in [-0.25, -0.2) is 24.9 Å². The van der Waals surface area contributed by atoms with Gasteiger partial charge in [-0.2, -0.15) is 0 Å². The van der Waals surface area contributed by atoms with Gasteiger partial charge >= 0.3 is 0 Å². The van der Waals surface area contributed by atoms with Gasteiger partial charge in [-0.05, 0) is 203 Å². The second kappa shape index (κ2) is 42.9. The molecule has 0 radical (unpaired) electrons. The minimum Gasteiger partial charge on any atom is -0.404 e. The average Bonchev–Trinajstić information content (AvgIpc) is 0.842. The molecule has 3 aliphatic heterocycles. The van der Waals surface area contributed by atoms with Gasteiger partial charge in [0.05, 0.1) is 17.1 Å². The SMILES string of the molecule is Cc1ccc(NC(=O)c2ccc(CN3CCN(C)CC3)cc2)cc1Br.Cc1ccc(NC(=O)c2ccc(CN3CCN(C)CC3)cc2)cc1N=C(N)N.Cc1ccc(NC(=O)c2ccc(CN3CCN(C)CC3)cc2)cc1Nc1nccc(-c2cccnc2)n1.N/C=C/C(=O)c1cccnc1.Nc1nccc(-c2cccnc2)n1. The van der Waals surface area contributed by atoms with Crippen molar-refractivity contribution in [3.63, 3.8) is 0 Å². The molecule has 0 unspecified atom stereocenters. The number of nitrogens with two attached hydrogens (primary N) is 4. The van der Waals surface area contributed by atoms with Crippen LogP contribution in [0.1, 0.15) is 74.8 Å². The minimum atomic E-state index is -0.161. The van der Waals surface area contributed by atoms with E-state index in [1.165, 1.54) is 35.2 Å². The van der Waals surface area contributed by atoms with Crippen LogP contribution in [0.2, 0.25) is 0 Å². The van der Waals surface area contributed by atoms with Gasteiger partial charge in [0.15, 0.2) is 11.7 Å². The molecule has 3 saturated heterocycles. The van der Waals surface area contributed by atoms with E-state index in [0.29, 0.717) is 45.3 Å². The average molecular weight is 1600 g/mol. The van der Waals surface area contributed by atoms with Crippen LogP contribution in [-0.4, -0.2) is 193 Å². The first-order valence-electron chi connectivity index (χ1n) is 37.5. The van der Waals surface area contributed by atoms with Crippen LogP contribution in [0.5, 0.6) is 0 Å². The maximum Gasteiger partial charge on any atom is 0.255 e. The number of nitrogens with one attached hydrogen (secondary N) is 4. The summed E-state index contributed by atoms with van der Waals surface area (Å²) in [6.07, 6.45) is 15.9. The van der Waals surface area contributed by atoms with Gasteiger partial charge in [0.25, 0.3) is 17.7 Å².